The number of hydrogen-bond acceptors (Lipinski definition) is 1. The van der Waals surface area contributed by atoms with Crippen LogP contribution in [0, 0.1) is 6.92 Å². The van der Waals surface area contributed by atoms with Crippen molar-refractivity contribution in [1.82, 2.24) is 5.32 Å². The lowest BCUT2D eigenvalue weighted by atomic mass is 9.94. The quantitative estimate of drug-likeness (QED) is 0.811. The third-order valence-electron chi connectivity index (χ3n) is 3.20. The summed E-state index contributed by atoms with van der Waals surface area (Å²) in [6.07, 6.45) is -5.31. The Balaban J connectivity index is 2.96. The Morgan fingerprint density at radius 3 is 2.00 bits per heavy atom. The van der Waals surface area contributed by atoms with Crippen LogP contribution in [-0.4, -0.2) is 23.7 Å². The molecule has 0 heterocycles. The van der Waals surface area contributed by atoms with E-state index in [4.69, 9.17) is 0 Å². The van der Waals surface area contributed by atoms with Crippen molar-refractivity contribution in [3.63, 3.8) is 0 Å². The number of alkyl halides is 5. The van der Waals surface area contributed by atoms with Gasteiger partial charge in [0.2, 0.25) is 0 Å². The first-order valence-electron chi connectivity index (χ1n) is 5.98. The summed E-state index contributed by atoms with van der Waals surface area (Å²) in [5, 5.41) is 3.45. The summed E-state index contributed by atoms with van der Waals surface area (Å²) in [6.45, 7) is 1.96. The van der Waals surface area contributed by atoms with Gasteiger partial charge in [0, 0.05) is 12.6 Å². The number of para-hydroxylation sites is 1. The second-order valence-electron chi connectivity index (χ2n) is 4.91. The Bertz CT molecular complexity index is 508. The zero-order valence-corrected chi connectivity index (χ0v) is 11.6. The second kappa shape index (κ2) is 5.50. The smallest absolute Gasteiger partial charge is 0.319 e. The highest BCUT2D eigenvalue weighted by atomic mass is 19.4. The average Bonchev–Trinajstić information content (AvgIpc) is 2.29. The third kappa shape index (κ3) is 3.62. The summed E-state index contributed by atoms with van der Waals surface area (Å²) < 4.78 is 65.1. The number of hydrogen-bond donors (Lipinski definition) is 2. The molecule has 0 saturated carbocycles. The van der Waals surface area contributed by atoms with Gasteiger partial charge in [-0.3, -0.25) is 0 Å². The minimum atomic E-state index is -5.31. The molecule has 1 aromatic rings. The molecule has 1 rings (SSSR count). The van der Waals surface area contributed by atoms with Gasteiger partial charge in [-0.25, -0.2) is 13.6 Å². The van der Waals surface area contributed by atoms with Crippen molar-refractivity contribution in [2.45, 2.75) is 38.4 Å². The van der Waals surface area contributed by atoms with Crippen molar-refractivity contribution in [1.29, 1.82) is 0 Å². The number of carbonyl (C=O) groups excluding carboxylic acids is 1. The Morgan fingerprint density at radius 1 is 1.05 bits per heavy atom. The molecule has 21 heavy (non-hydrogen) atoms. The first-order valence-corrected chi connectivity index (χ1v) is 5.98. The molecule has 118 valence electrons. The van der Waals surface area contributed by atoms with Crippen LogP contribution in [0.1, 0.15) is 19.4 Å². The van der Waals surface area contributed by atoms with Crippen LogP contribution in [-0.2, 0) is 0 Å². The van der Waals surface area contributed by atoms with Gasteiger partial charge in [0.15, 0.2) is 5.54 Å². The number of halogens is 5. The molecule has 0 bridgehead atoms. The average molecular weight is 310 g/mol. The molecule has 0 spiro atoms. The van der Waals surface area contributed by atoms with E-state index >= 15 is 0 Å². The Hall–Kier alpha value is -1.86. The van der Waals surface area contributed by atoms with Crippen molar-refractivity contribution in [3.8, 4) is 0 Å². The highest BCUT2D eigenvalue weighted by Crippen LogP contribution is 2.41. The summed E-state index contributed by atoms with van der Waals surface area (Å²) in [5.74, 6) is -4.19. The molecule has 0 aliphatic rings. The van der Waals surface area contributed by atoms with E-state index in [2.05, 4.69) is 5.32 Å². The fraction of sp³-hybridized carbons (Fsp3) is 0.462. The van der Waals surface area contributed by atoms with E-state index in [0.29, 0.717) is 5.56 Å². The molecular weight excluding hydrogens is 295 g/mol. The Kier molecular flexibility index (Phi) is 4.50. The predicted molar refractivity (Wildman–Crippen MR) is 68.4 cm³/mol. The number of amides is 2. The number of aryl methyl sites for hydroxylation is 1. The molecule has 2 amide bonds. The van der Waals surface area contributed by atoms with Crippen LogP contribution in [0.2, 0.25) is 0 Å². The van der Waals surface area contributed by atoms with Gasteiger partial charge in [-0.2, -0.15) is 13.2 Å². The zero-order chi connectivity index (χ0) is 16.5. The highest BCUT2D eigenvalue weighted by Gasteiger charge is 2.65. The number of carbonyl (C=O) groups is 1. The minimum absolute atomic E-state index is 0.106. The van der Waals surface area contributed by atoms with E-state index in [1.807, 2.05) is 0 Å². The van der Waals surface area contributed by atoms with Crippen molar-refractivity contribution in [2.75, 3.05) is 5.32 Å². The molecule has 1 aromatic carbocycles. The number of urea groups is 1. The lowest BCUT2D eigenvalue weighted by Crippen LogP contribution is -2.66. The van der Waals surface area contributed by atoms with Crippen LogP contribution in [0.3, 0.4) is 0 Å². The van der Waals surface area contributed by atoms with Crippen LogP contribution in [0.4, 0.5) is 32.4 Å². The standard InChI is InChI=1S/C13H15F5N2O/c1-8-6-4-5-7-9(8)19-10(21)20-11(2,12(3,14)15)13(16,17)18/h4-7H,1-3H3,(H2,19,20,21). The molecule has 2 N–H and O–H groups in total. The van der Waals surface area contributed by atoms with Gasteiger partial charge in [-0.05, 0) is 25.5 Å². The van der Waals surface area contributed by atoms with Gasteiger partial charge >= 0.3 is 12.2 Å². The van der Waals surface area contributed by atoms with Gasteiger partial charge in [0.1, 0.15) is 0 Å². The topological polar surface area (TPSA) is 41.1 Å². The van der Waals surface area contributed by atoms with Crippen molar-refractivity contribution in [2.24, 2.45) is 0 Å². The van der Waals surface area contributed by atoms with Gasteiger partial charge in [0.25, 0.3) is 5.92 Å². The van der Waals surface area contributed by atoms with Crippen LogP contribution in [0.25, 0.3) is 0 Å². The summed E-state index contributed by atoms with van der Waals surface area (Å²) in [6, 6.07) is 4.93. The molecule has 0 saturated heterocycles. The molecular formula is C13H15F5N2O. The molecule has 0 fully saturated rings. The van der Waals surface area contributed by atoms with E-state index < -0.39 is 23.7 Å². The lowest BCUT2D eigenvalue weighted by molar-refractivity contribution is -0.249. The number of benzene rings is 1. The SMILES string of the molecule is Cc1ccccc1NC(=O)NC(C)(C(C)(F)F)C(F)(F)F. The van der Waals surface area contributed by atoms with E-state index in [9.17, 15) is 26.7 Å². The fourth-order valence-electron chi connectivity index (χ4n) is 1.52. The monoisotopic (exact) mass is 310 g/mol. The summed E-state index contributed by atoms with van der Waals surface area (Å²) in [4.78, 5) is 11.6. The van der Waals surface area contributed by atoms with Gasteiger partial charge in [-0.1, -0.05) is 18.2 Å². The van der Waals surface area contributed by atoms with Gasteiger partial charge < -0.3 is 10.6 Å². The molecule has 0 aliphatic heterocycles. The van der Waals surface area contributed by atoms with E-state index in [-0.39, 0.29) is 19.5 Å². The Labute approximate surface area is 118 Å². The van der Waals surface area contributed by atoms with Gasteiger partial charge in [-0.15, -0.1) is 0 Å². The van der Waals surface area contributed by atoms with Gasteiger partial charge in [0.05, 0.1) is 0 Å². The van der Waals surface area contributed by atoms with E-state index in [1.165, 1.54) is 11.4 Å². The zero-order valence-electron chi connectivity index (χ0n) is 11.6. The lowest BCUT2D eigenvalue weighted by Gasteiger charge is -2.37. The van der Waals surface area contributed by atoms with Crippen LogP contribution >= 0.6 is 0 Å². The van der Waals surface area contributed by atoms with Crippen molar-refractivity contribution < 1.29 is 26.7 Å². The number of rotatable bonds is 3. The van der Waals surface area contributed by atoms with E-state index in [0.717, 1.165) is 0 Å². The Morgan fingerprint density at radius 2 is 1.57 bits per heavy atom. The number of nitrogens with one attached hydrogen (secondary N) is 2. The van der Waals surface area contributed by atoms with Crippen LogP contribution < -0.4 is 10.6 Å². The molecule has 3 nitrogen and oxygen atoms in total. The molecule has 0 aromatic heterocycles. The largest absolute Gasteiger partial charge is 0.417 e. The molecule has 8 heteroatoms. The summed E-state index contributed by atoms with van der Waals surface area (Å²) in [7, 11) is 0. The maximum atomic E-state index is 13.3. The minimum Gasteiger partial charge on any atom is -0.319 e. The molecule has 0 aliphatic carbocycles. The van der Waals surface area contributed by atoms with Crippen molar-refractivity contribution in [3.05, 3.63) is 29.8 Å². The maximum Gasteiger partial charge on any atom is 0.417 e. The summed E-state index contributed by atoms with van der Waals surface area (Å²) >= 11 is 0. The maximum absolute atomic E-state index is 13.3. The normalized spacial score (nSPS) is 15.2. The van der Waals surface area contributed by atoms with Crippen LogP contribution in [0.5, 0.6) is 0 Å². The first kappa shape index (κ1) is 17.2. The fourth-order valence-corrected chi connectivity index (χ4v) is 1.52. The predicted octanol–water partition coefficient (Wildman–Crippen LogP) is 4.09. The molecule has 1 atom stereocenters. The summed E-state index contributed by atoms with van der Waals surface area (Å²) in [5.41, 5.74) is -2.85. The highest BCUT2D eigenvalue weighted by molar-refractivity contribution is 5.90. The molecule has 1 unspecified atom stereocenters. The number of anilines is 1. The second-order valence-corrected chi connectivity index (χ2v) is 4.91. The van der Waals surface area contributed by atoms with E-state index in [1.54, 1.807) is 25.1 Å². The first-order chi connectivity index (χ1) is 9.38. The van der Waals surface area contributed by atoms with Crippen molar-refractivity contribution >= 4 is 11.7 Å². The molecule has 0 radical (unpaired) electrons. The van der Waals surface area contributed by atoms with Crippen LogP contribution in [0.15, 0.2) is 24.3 Å². The third-order valence-corrected chi connectivity index (χ3v) is 3.20.